The fourth-order valence-electron chi connectivity index (χ4n) is 3.38. The fourth-order valence-corrected chi connectivity index (χ4v) is 5.37. The molecule has 3 aliphatic heterocycles. The van der Waals surface area contributed by atoms with E-state index in [4.69, 9.17) is 5.73 Å². The molecule has 0 saturated carbocycles. The molecule has 3 rings (SSSR count). The van der Waals surface area contributed by atoms with Crippen LogP contribution < -0.4 is 5.73 Å². The van der Waals surface area contributed by atoms with E-state index in [0.717, 1.165) is 45.3 Å². The third-order valence-electron chi connectivity index (χ3n) is 4.82. The molecule has 7 heteroatoms. The maximum Gasteiger partial charge on any atom is 0.217 e. The predicted octanol–water partition coefficient (Wildman–Crippen LogP) is -0.343. The second-order valence-electron chi connectivity index (χ2n) is 6.02. The molecule has 3 heterocycles. The van der Waals surface area contributed by atoms with Crippen molar-refractivity contribution in [2.75, 3.05) is 32.7 Å². The number of piperidine rings is 1. The van der Waals surface area contributed by atoms with E-state index in [9.17, 15) is 8.42 Å². The van der Waals surface area contributed by atoms with Crippen LogP contribution >= 0.6 is 0 Å². The monoisotopic (exact) mass is 300 g/mol. The van der Waals surface area contributed by atoms with Crippen LogP contribution in [-0.4, -0.2) is 73.9 Å². The highest BCUT2D eigenvalue weighted by Gasteiger charge is 2.38. The average Bonchev–Trinajstić information content (AvgIpc) is 2.37. The van der Waals surface area contributed by atoms with Crippen molar-refractivity contribution in [2.45, 2.75) is 43.0 Å². The van der Waals surface area contributed by atoms with Crippen LogP contribution in [0.4, 0.5) is 0 Å². The second-order valence-corrected chi connectivity index (χ2v) is 8.23. The summed E-state index contributed by atoms with van der Waals surface area (Å²) in [5.41, 5.74) is 6.09. The van der Waals surface area contributed by atoms with E-state index in [1.54, 1.807) is 4.31 Å². The van der Waals surface area contributed by atoms with Crippen LogP contribution in [0, 0.1) is 0 Å². The average molecular weight is 300 g/mol. The Labute approximate surface area is 121 Å². The van der Waals surface area contributed by atoms with Crippen LogP contribution in [0.25, 0.3) is 0 Å². The normalized spacial score (nSPS) is 34.0. The van der Waals surface area contributed by atoms with Gasteiger partial charge in [-0.3, -0.25) is 9.89 Å². The summed E-state index contributed by atoms with van der Waals surface area (Å²) >= 11 is 0. The second kappa shape index (κ2) is 5.71. The maximum absolute atomic E-state index is 12.4. The number of nitrogens with two attached hydrogens (primary N) is 1. The Balaban J connectivity index is 1.58. The lowest BCUT2D eigenvalue weighted by Crippen LogP contribution is -2.55. The molecular formula is C13H24N4O2S. The van der Waals surface area contributed by atoms with Crippen molar-refractivity contribution >= 4 is 16.2 Å². The number of hydrogen-bond acceptors (Lipinski definition) is 5. The van der Waals surface area contributed by atoms with Crippen LogP contribution in [0.15, 0.2) is 4.99 Å². The quantitative estimate of drug-likeness (QED) is 0.773. The minimum atomic E-state index is -3.04. The van der Waals surface area contributed by atoms with Crippen molar-refractivity contribution in [1.29, 1.82) is 0 Å². The smallest absolute Gasteiger partial charge is 0.217 e. The zero-order valence-corrected chi connectivity index (χ0v) is 12.6. The molecule has 0 aromatic rings. The van der Waals surface area contributed by atoms with Crippen LogP contribution in [0.3, 0.4) is 0 Å². The highest BCUT2D eigenvalue weighted by Crippen LogP contribution is 2.26. The van der Waals surface area contributed by atoms with E-state index in [1.165, 1.54) is 0 Å². The molecule has 2 saturated heterocycles. The lowest BCUT2D eigenvalue weighted by Gasteiger charge is -2.42. The SMILES string of the molecule is NC1C=NCCC1N1CCC(S(=O)(=O)N2CCC2)CC1. The maximum atomic E-state index is 12.4. The van der Waals surface area contributed by atoms with Gasteiger partial charge in [-0.05, 0) is 38.8 Å². The van der Waals surface area contributed by atoms with Gasteiger partial charge in [0.15, 0.2) is 0 Å². The van der Waals surface area contributed by atoms with Gasteiger partial charge in [0.2, 0.25) is 10.0 Å². The number of likely N-dealkylation sites (tertiary alicyclic amines) is 1. The Bertz CT molecular complexity index is 467. The Morgan fingerprint density at radius 1 is 1.10 bits per heavy atom. The molecule has 3 aliphatic rings. The van der Waals surface area contributed by atoms with Gasteiger partial charge in [0, 0.05) is 31.9 Å². The summed E-state index contributed by atoms with van der Waals surface area (Å²) in [6.45, 7) is 3.94. The first-order valence-electron chi connectivity index (χ1n) is 7.57. The number of rotatable bonds is 3. The summed E-state index contributed by atoms with van der Waals surface area (Å²) < 4.78 is 26.4. The third-order valence-corrected chi connectivity index (χ3v) is 7.22. The van der Waals surface area contributed by atoms with Gasteiger partial charge in [-0.2, -0.15) is 0 Å². The molecule has 0 amide bonds. The summed E-state index contributed by atoms with van der Waals surface area (Å²) in [6.07, 6.45) is 5.31. The van der Waals surface area contributed by atoms with Gasteiger partial charge in [-0.1, -0.05) is 0 Å². The third kappa shape index (κ3) is 2.64. The van der Waals surface area contributed by atoms with Crippen LogP contribution in [0.1, 0.15) is 25.7 Å². The van der Waals surface area contributed by atoms with Gasteiger partial charge < -0.3 is 5.73 Å². The first-order valence-corrected chi connectivity index (χ1v) is 9.08. The Morgan fingerprint density at radius 3 is 2.35 bits per heavy atom. The first kappa shape index (κ1) is 14.4. The number of aliphatic imine (C=N–C) groups is 1. The van der Waals surface area contributed by atoms with Crippen LogP contribution in [-0.2, 0) is 10.0 Å². The predicted molar refractivity (Wildman–Crippen MR) is 79.4 cm³/mol. The zero-order chi connectivity index (χ0) is 14.2. The van der Waals surface area contributed by atoms with Gasteiger partial charge >= 0.3 is 0 Å². The molecule has 0 radical (unpaired) electrons. The minimum absolute atomic E-state index is 0.00714. The fraction of sp³-hybridized carbons (Fsp3) is 0.923. The molecule has 2 fully saturated rings. The molecule has 0 aliphatic carbocycles. The topological polar surface area (TPSA) is 79.0 Å². The molecule has 0 aromatic carbocycles. The van der Waals surface area contributed by atoms with Crippen molar-refractivity contribution < 1.29 is 8.42 Å². The molecule has 2 unspecified atom stereocenters. The van der Waals surface area contributed by atoms with Gasteiger partial charge in [-0.15, -0.1) is 0 Å². The number of sulfonamides is 1. The summed E-state index contributed by atoms with van der Waals surface area (Å²) in [6, 6.07) is 0.326. The molecule has 0 bridgehead atoms. The largest absolute Gasteiger partial charge is 0.322 e. The van der Waals surface area contributed by atoms with Gasteiger partial charge in [0.1, 0.15) is 0 Å². The minimum Gasteiger partial charge on any atom is -0.322 e. The molecular weight excluding hydrogens is 276 g/mol. The van der Waals surface area contributed by atoms with Crippen molar-refractivity contribution in [1.82, 2.24) is 9.21 Å². The molecule has 20 heavy (non-hydrogen) atoms. The standard InChI is InChI=1S/C13H24N4O2S/c14-12-10-15-5-2-13(12)16-8-3-11(4-9-16)20(18,19)17-6-1-7-17/h10-13H,1-9,14H2. The summed E-state index contributed by atoms with van der Waals surface area (Å²) in [7, 11) is -3.04. The van der Waals surface area contributed by atoms with Crippen LogP contribution in [0.5, 0.6) is 0 Å². The van der Waals surface area contributed by atoms with E-state index in [1.807, 2.05) is 6.21 Å². The van der Waals surface area contributed by atoms with E-state index in [2.05, 4.69) is 9.89 Å². The Kier molecular flexibility index (Phi) is 4.12. The van der Waals surface area contributed by atoms with Crippen molar-refractivity contribution in [2.24, 2.45) is 10.7 Å². The molecule has 0 aromatic heterocycles. The van der Waals surface area contributed by atoms with Gasteiger partial charge in [0.25, 0.3) is 0 Å². The summed E-state index contributed by atoms with van der Waals surface area (Å²) in [4.78, 5) is 6.58. The molecule has 2 N–H and O–H groups in total. The number of nitrogens with zero attached hydrogens (tertiary/aromatic N) is 3. The molecule has 114 valence electrons. The highest BCUT2D eigenvalue weighted by atomic mass is 32.2. The van der Waals surface area contributed by atoms with E-state index >= 15 is 0 Å². The lowest BCUT2D eigenvalue weighted by atomic mass is 9.99. The highest BCUT2D eigenvalue weighted by molar-refractivity contribution is 7.89. The van der Waals surface area contributed by atoms with Gasteiger partial charge in [0.05, 0.1) is 11.3 Å². The molecule has 2 atom stereocenters. The summed E-state index contributed by atoms with van der Waals surface area (Å²) in [5.74, 6) is 0. The van der Waals surface area contributed by atoms with Crippen molar-refractivity contribution in [3.63, 3.8) is 0 Å². The zero-order valence-electron chi connectivity index (χ0n) is 11.8. The van der Waals surface area contributed by atoms with E-state index in [0.29, 0.717) is 19.1 Å². The first-order chi connectivity index (χ1) is 9.59. The van der Waals surface area contributed by atoms with Crippen molar-refractivity contribution in [3.8, 4) is 0 Å². The Morgan fingerprint density at radius 2 is 1.80 bits per heavy atom. The van der Waals surface area contributed by atoms with Crippen LogP contribution in [0.2, 0.25) is 0 Å². The lowest BCUT2D eigenvalue weighted by molar-refractivity contribution is 0.147. The molecule has 0 spiro atoms. The van der Waals surface area contributed by atoms with E-state index < -0.39 is 10.0 Å². The molecule has 6 nitrogen and oxygen atoms in total. The Hall–Kier alpha value is -0.500. The van der Waals surface area contributed by atoms with Gasteiger partial charge in [-0.25, -0.2) is 12.7 Å². The summed E-state index contributed by atoms with van der Waals surface area (Å²) in [5, 5.41) is -0.187. The van der Waals surface area contributed by atoms with E-state index in [-0.39, 0.29) is 11.3 Å². The van der Waals surface area contributed by atoms with Crippen molar-refractivity contribution in [3.05, 3.63) is 0 Å². The number of hydrogen-bond donors (Lipinski definition) is 1.